The van der Waals surface area contributed by atoms with Crippen LogP contribution in [0.25, 0.3) is 0 Å². The van der Waals surface area contributed by atoms with Gasteiger partial charge in [0.25, 0.3) is 0 Å². The lowest BCUT2D eigenvalue weighted by Gasteiger charge is -2.23. The van der Waals surface area contributed by atoms with E-state index in [1.807, 2.05) is 0 Å². The number of hydrogen-bond donors (Lipinski definition) is 4. The van der Waals surface area contributed by atoms with Crippen LogP contribution in [0.3, 0.4) is 0 Å². The van der Waals surface area contributed by atoms with Crippen molar-refractivity contribution >= 4 is 34.8 Å². The molecule has 21 heavy (non-hydrogen) atoms. The number of aliphatic carboxylic acids is 4. The van der Waals surface area contributed by atoms with Crippen molar-refractivity contribution in [3.8, 4) is 0 Å². The molecule has 0 aliphatic carbocycles. The van der Waals surface area contributed by atoms with Crippen LogP contribution in [0.1, 0.15) is 0 Å². The van der Waals surface area contributed by atoms with Crippen molar-refractivity contribution in [1.29, 1.82) is 0 Å². The highest BCUT2D eigenvalue weighted by atomic mass is 28.1. The van der Waals surface area contributed by atoms with Crippen molar-refractivity contribution in [1.82, 2.24) is 9.80 Å². The number of nitrogens with zero attached hydrogens (tertiary/aromatic N) is 2. The summed E-state index contributed by atoms with van der Waals surface area (Å²) in [5.41, 5.74) is 0. The minimum absolute atomic E-state index is 0. The molecule has 0 spiro atoms. The smallest absolute Gasteiger partial charge is 0.317 e. The maximum atomic E-state index is 10.6. The second-order valence-corrected chi connectivity index (χ2v) is 4.00. The van der Waals surface area contributed by atoms with Gasteiger partial charge in [0.2, 0.25) is 0 Å². The Hall–Kier alpha value is -1.98. The van der Waals surface area contributed by atoms with E-state index in [-0.39, 0.29) is 24.1 Å². The van der Waals surface area contributed by atoms with Gasteiger partial charge in [0, 0.05) is 13.1 Å². The Morgan fingerprint density at radius 3 is 0.905 bits per heavy atom. The number of carbonyl (C=O) groups is 4. The van der Waals surface area contributed by atoms with Crippen LogP contribution >= 0.6 is 0 Å². The van der Waals surface area contributed by atoms with Crippen LogP contribution in [-0.2, 0) is 19.2 Å². The summed E-state index contributed by atoms with van der Waals surface area (Å²) in [6.45, 7) is -2.25. The largest absolute Gasteiger partial charge is 0.480 e. The number of carboxylic acid groups (broad SMARTS) is 4. The van der Waals surface area contributed by atoms with E-state index in [0.29, 0.717) is 0 Å². The van der Waals surface area contributed by atoms with Crippen LogP contribution in [-0.4, -0.2) is 104 Å². The first-order chi connectivity index (χ1) is 9.20. The third kappa shape index (κ3) is 12.8. The molecule has 11 heteroatoms. The topological polar surface area (TPSA) is 156 Å². The molecule has 0 rings (SSSR count). The summed E-state index contributed by atoms with van der Waals surface area (Å²) in [4.78, 5) is 44.4. The van der Waals surface area contributed by atoms with Crippen molar-refractivity contribution in [2.75, 3.05) is 39.3 Å². The number of rotatable bonds is 11. The van der Waals surface area contributed by atoms with E-state index in [1.165, 1.54) is 0 Å². The molecule has 122 valence electrons. The fourth-order valence-corrected chi connectivity index (χ4v) is 1.48. The average molecular weight is 324 g/mol. The lowest BCUT2D eigenvalue weighted by molar-refractivity contribution is -0.145. The van der Waals surface area contributed by atoms with Gasteiger partial charge in [-0.05, 0) is 11.0 Å². The highest BCUT2D eigenvalue weighted by Crippen LogP contribution is 1.94. The SMILES string of the molecule is O=C(O)CN(CCN(CC(=O)O)CC(=O)O)CC(=O)O.[SiH4]. The lowest BCUT2D eigenvalue weighted by Crippen LogP contribution is -2.43. The number of hydrogen-bond acceptors (Lipinski definition) is 6. The standard InChI is InChI=1S/C10H16N2O8.H4Si/c13-7(14)3-11(4-8(15)16)1-2-12(5-9(17)18)6-10(19)20;/h1-6H2,(H,13,14)(H,15,16)(H,17,18)(H,19,20);1H4. The van der Waals surface area contributed by atoms with E-state index >= 15 is 0 Å². The van der Waals surface area contributed by atoms with Gasteiger partial charge in [-0.2, -0.15) is 0 Å². The molecule has 0 aliphatic rings. The van der Waals surface area contributed by atoms with E-state index in [2.05, 4.69) is 0 Å². The van der Waals surface area contributed by atoms with Gasteiger partial charge >= 0.3 is 23.9 Å². The molecule has 0 aromatic rings. The summed E-state index contributed by atoms with van der Waals surface area (Å²) in [5, 5.41) is 34.5. The molecule has 0 aromatic carbocycles. The Morgan fingerprint density at radius 2 is 0.762 bits per heavy atom. The van der Waals surface area contributed by atoms with Gasteiger partial charge in [-0.25, -0.2) is 0 Å². The van der Waals surface area contributed by atoms with Crippen molar-refractivity contribution in [2.24, 2.45) is 0 Å². The Labute approximate surface area is 124 Å². The van der Waals surface area contributed by atoms with Crippen molar-refractivity contribution in [2.45, 2.75) is 0 Å². The molecule has 0 bridgehead atoms. The van der Waals surface area contributed by atoms with Gasteiger partial charge < -0.3 is 20.4 Å². The molecule has 10 nitrogen and oxygen atoms in total. The van der Waals surface area contributed by atoms with E-state index in [0.717, 1.165) is 9.80 Å². The molecule has 0 heterocycles. The third-order valence-corrected chi connectivity index (χ3v) is 2.17. The molecule has 0 saturated carbocycles. The van der Waals surface area contributed by atoms with Crippen molar-refractivity contribution in [3.05, 3.63) is 0 Å². The van der Waals surface area contributed by atoms with Crippen LogP contribution in [0.15, 0.2) is 0 Å². The Kier molecular flexibility index (Phi) is 10.9. The van der Waals surface area contributed by atoms with E-state index < -0.39 is 50.1 Å². The fraction of sp³-hybridized carbons (Fsp3) is 0.600. The van der Waals surface area contributed by atoms with Crippen molar-refractivity contribution in [3.63, 3.8) is 0 Å². The van der Waals surface area contributed by atoms with Crippen LogP contribution in [0.4, 0.5) is 0 Å². The molecule has 4 N–H and O–H groups in total. The zero-order chi connectivity index (χ0) is 15.7. The summed E-state index contributed by atoms with van der Waals surface area (Å²) in [5.74, 6) is -4.91. The van der Waals surface area contributed by atoms with Crippen LogP contribution in [0, 0.1) is 0 Å². The third-order valence-electron chi connectivity index (χ3n) is 2.17. The molecular formula is C10H20N2O8Si. The second kappa shape index (κ2) is 10.8. The highest BCUT2D eigenvalue weighted by molar-refractivity contribution is 5.75. The van der Waals surface area contributed by atoms with E-state index in [1.54, 1.807) is 0 Å². The van der Waals surface area contributed by atoms with Gasteiger partial charge in [0.1, 0.15) is 0 Å². The minimum Gasteiger partial charge on any atom is -0.480 e. The first kappa shape index (κ1) is 21.3. The molecule has 0 aliphatic heterocycles. The Morgan fingerprint density at radius 1 is 0.571 bits per heavy atom. The summed E-state index contributed by atoms with van der Waals surface area (Å²) in [6.07, 6.45) is 0. The molecule has 0 fully saturated rings. The molecule has 0 atom stereocenters. The molecule has 0 saturated heterocycles. The predicted molar refractivity (Wildman–Crippen MR) is 74.8 cm³/mol. The normalized spacial score (nSPS) is 10.2. The fourth-order valence-electron chi connectivity index (χ4n) is 1.48. The van der Waals surface area contributed by atoms with E-state index in [4.69, 9.17) is 20.4 Å². The zero-order valence-corrected chi connectivity index (χ0v) is 10.6. The Balaban J connectivity index is 0. The number of carboxylic acids is 4. The van der Waals surface area contributed by atoms with Crippen LogP contribution in [0.2, 0.25) is 0 Å². The van der Waals surface area contributed by atoms with Gasteiger partial charge in [-0.15, -0.1) is 0 Å². The van der Waals surface area contributed by atoms with Gasteiger partial charge in [0.05, 0.1) is 26.2 Å². The minimum atomic E-state index is -1.23. The molecule has 0 aromatic heterocycles. The first-order valence-electron chi connectivity index (χ1n) is 5.52. The quantitative estimate of drug-likeness (QED) is 0.281. The van der Waals surface area contributed by atoms with Crippen molar-refractivity contribution < 1.29 is 39.6 Å². The molecule has 0 amide bonds. The maximum Gasteiger partial charge on any atom is 0.317 e. The summed E-state index contributed by atoms with van der Waals surface area (Å²) in [6, 6.07) is 0. The van der Waals surface area contributed by atoms with Gasteiger partial charge in [-0.3, -0.25) is 29.0 Å². The van der Waals surface area contributed by atoms with Crippen LogP contribution in [0.5, 0.6) is 0 Å². The summed E-state index contributed by atoms with van der Waals surface area (Å²) >= 11 is 0. The zero-order valence-electron chi connectivity index (χ0n) is 10.6. The first-order valence-corrected chi connectivity index (χ1v) is 5.52. The average Bonchev–Trinajstić information content (AvgIpc) is 2.22. The van der Waals surface area contributed by atoms with Gasteiger partial charge in [-0.1, -0.05) is 0 Å². The van der Waals surface area contributed by atoms with Crippen LogP contribution < -0.4 is 0 Å². The summed E-state index contributed by atoms with van der Waals surface area (Å²) in [7, 11) is 0. The second-order valence-electron chi connectivity index (χ2n) is 4.00. The lowest BCUT2D eigenvalue weighted by atomic mass is 10.4. The maximum absolute atomic E-state index is 10.6. The highest BCUT2D eigenvalue weighted by Gasteiger charge is 2.17. The van der Waals surface area contributed by atoms with E-state index in [9.17, 15) is 19.2 Å². The predicted octanol–water partition coefficient (Wildman–Crippen LogP) is -3.52. The Bertz CT molecular complexity index is 321. The van der Waals surface area contributed by atoms with Gasteiger partial charge in [0.15, 0.2) is 0 Å². The monoisotopic (exact) mass is 324 g/mol. The summed E-state index contributed by atoms with van der Waals surface area (Å²) < 4.78 is 0. The molecule has 0 unspecified atom stereocenters. The molecular weight excluding hydrogens is 304 g/mol. The molecule has 0 radical (unpaired) electrons.